The van der Waals surface area contributed by atoms with Crippen LogP contribution in [0.4, 0.5) is 0 Å². The lowest BCUT2D eigenvalue weighted by Crippen LogP contribution is -2.38. The monoisotopic (exact) mass is 412 g/mol. The molecule has 1 aliphatic rings. The summed E-state index contributed by atoms with van der Waals surface area (Å²) in [7, 11) is 1.31. The zero-order valence-electron chi connectivity index (χ0n) is 18.4. The Balaban J connectivity index is 2.08. The van der Waals surface area contributed by atoms with E-state index in [4.69, 9.17) is 9.47 Å². The van der Waals surface area contributed by atoms with Crippen LogP contribution in [0, 0.1) is 0 Å². The van der Waals surface area contributed by atoms with E-state index in [0.29, 0.717) is 12.8 Å². The molecule has 168 valence electrons. The summed E-state index contributed by atoms with van der Waals surface area (Å²) in [5.74, 6) is -0.714. The average Bonchev–Trinajstić information content (AvgIpc) is 3.13. The summed E-state index contributed by atoms with van der Waals surface area (Å²) < 4.78 is 15.5. The van der Waals surface area contributed by atoms with E-state index in [9.17, 15) is 14.7 Å². The first-order valence-corrected chi connectivity index (χ1v) is 11.2. The molecular formula is C23H40O6. The predicted molar refractivity (Wildman–Crippen MR) is 113 cm³/mol. The van der Waals surface area contributed by atoms with Crippen LogP contribution in [0.1, 0.15) is 90.4 Å². The molecule has 1 heterocycles. The van der Waals surface area contributed by atoms with E-state index in [1.165, 1.54) is 64.6 Å². The molecule has 6 heteroatoms. The molecule has 6 nitrogen and oxygen atoms in total. The SMILES string of the molecule is CCCCCCCCCCCCCC(=O)OCC1(CO)C/C(=C/C(=O)OC)CO1. The van der Waals surface area contributed by atoms with Gasteiger partial charge in [-0.1, -0.05) is 71.1 Å². The summed E-state index contributed by atoms with van der Waals surface area (Å²) in [6.45, 7) is 2.20. The predicted octanol–water partition coefficient (Wildman–Crippen LogP) is 4.48. The lowest BCUT2D eigenvalue weighted by molar-refractivity contribution is -0.155. The molecular weight excluding hydrogens is 372 g/mol. The van der Waals surface area contributed by atoms with Gasteiger partial charge in [-0.3, -0.25) is 4.79 Å². The van der Waals surface area contributed by atoms with Crippen molar-refractivity contribution in [2.45, 2.75) is 96.0 Å². The number of aliphatic hydroxyl groups is 1. The quantitative estimate of drug-likeness (QED) is 0.229. The Morgan fingerprint density at radius 1 is 1.03 bits per heavy atom. The third-order valence-corrected chi connectivity index (χ3v) is 5.40. The fourth-order valence-corrected chi connectivity index (χ4v) is 3.54. The first-order chi connectivity index (χ1) is 14.0. The summed E-state index contributed by atoms with van der Waals surface area (Å²) >= 11 is 0. The highest BCUT2D eigenvalue weighted by molar-refractivity contribution is 5.82. The summed E-state index contributed by atoms with van der Waals surface area (Å²) in [4.78, 5) is 23.3. The van der Waals surface area contributed by atoms with Crippen LogP contribution in [-0.2, 0) is 23.8 Å². The molecule has 1 fully saturated rings. The number of hydrogen-bond donors (Lipinski definition) is 1. The van der Waals surface area contributed by atoms with Crippen molar-refractivity contribution in [1.82, 2.24) is 0 Å². The Bertz CT molecular complexity index is 502. The molecule has 1 saturated heterocycles. The van der Waals surface area contributed by atoms with Crippen LogP contribution in [-0.4, -0.2) is 49.6 Å². The van der Waals surface area contributed by atoms with Crippen LogP contribution < -0.4 is 0 Å². The fourth-order valence-electron chi connectivity index (χ4n) is 3.54. The van der Waals surface area contributed by atoms with Crippen molar-refractivity contribution in [1.29, 1.82) is 0 Å². The molecule has 0 aromatic rings. The van der Waals surface area contributed by atoms with Crippen molar-refractivity contribution in [3.63, 3.8) is 0 Å². The number of aliphatic hydroxyl groups excluding tert-OH is 1. The maximum absolute atomic E-state index is 12.0. The van der Waals surface area contributed by atoms with E-state index in [2.05, 4.69) is 11.7 Å². The molecule has 0 aromatic carbocycles. The first kappa shape index (κ1) is 25.6. The van der Waals surface area contributed by atoms with Gasteiger partial charge in [-0.2, -0.15) is 0 Å². The molecule has 0 aliphatic carbocycles. The van der Waals surface area contributed by atoms with E-state index in [1.807, 2.05) is 0 Å². The molecule has 1 N–H and O–H groups in total. The molecule has 0 bridgehead atoms. The van der Waals surface area contributed by atoms with Gasteiger partial charge >= 0.3 is 11.9 Å². The summed E-state index contributed by atoms with van der Waals surface area (Å²) in [5.41, 5.74) is -0.223. The maximum atomic E-state index is 12.0. The van der Waals surface area contributed by atoms with E-state index in [1.54, 1.807) is 0 Å². The third kappa shape index (κ3) is 11.4. The van der Waals surface area contributed by atoms with Crippen LogP contribution in [0.15, 0.2) is 11.6 Å². The summed E-state index contributed by atoms with van der Waals surface area (Å²) in [6, 6.07) is 0. The van der Waals surface area contributed by atoms with Crippen molar-refractivity contribution in [3.8, 4) is 0 Å². The molecule has 1 rings (SSSR count). The fraction of sp³-hybridized carbons (Fsp3) is 0.826. The van der Waals surface area contributed by atoms with Gasteiger partial charge in [0.2, 0.25) is 0 Å². The first-order valence-electron chi connectivity index (χ1n) is 11.2. The average molecular weight is 413 g/mol. The van der Waals surface area contributed by atoms with E-state index >= 15 is 0 Å². The van der Waals surface area contributed by atoms with Crippen LogP contribution in [0.2, 0.25) is 0 Å². The molecule has 0 radical (unpaired) electrons. The molecule has 1 aliphatic heterocycles. The highest BCUT2D eigenvalue weighted by atomic mass is 16.6. The number of carbonyl (C=O) groups excluding carboxylic acids is 2. The lowest BCUT2D eigenvalue weighted by atomic mass is 9.99. The molecule has 0 amide bonds. The highest BCUT2D eigenvalue weighted by Gasteiger charge is 2.39. The van der Waals surface area contributed by atoms with Gasteiger partial charge in [0, 0.05) is 18.9 Å². The second-order valence-electron chi connectivity index (χ2n) is 8.08. The number of hydrogen-bond acceptors (Lipinski definition) is 6. The topological polar surface area (TPSA) is 82.1 Å². The lowest BCUT2D eigenvalue weighted by Gasteiger charge is -2.24. The van der Waals surface area contributed by atoms with Gasteiger partial charge in [-0.15, -0.1) is 0 Å². The van der Waals surface area contributed by atoms with Crippen LogP contribution in [0.3, 0.4) is 0 Å². The van der Waals surface area contributed by atoms with Crippen molar-refractivity contribution in [3.05, 3.63) is 11.6 Å². The van der Waals surface area contributed by atoms with E-state index in [0.717, 1.165) is 24.8 Å². The van der Waals surface area contributed by atoms with Crippen molar-refractivity contribution in [2.24, 2.45) is 0 Å². The minimum atomic E-state index is -0.952. The zero-order chi connectivity index (χ0) is 21.4. The number of ether oxygens (including phenoxy) is 3. The second-order valence-corrected chi connectivity index (χ2v) is 8.08. The Labute approximate surface area is 176 Å². The highest BCUT2D eigenvalue weighted by Crippen LogP contribution is 2.30. The molecule has 0 saturated carbocycles. The smallest absolute Gasteiger partial charge is 0.330 e. The summed E-state index contributed by atoms with van der Waals surface area (Å²) in [5, 5.41) is 9.66. The molecule has 29 heavy (non-hydrogen) atoms. The summed E-state index contributed by atoms with van der Waals surface area (Å²) in [6.07, 6.45) is 15.7. The molecule has 1 unspecified atom stereocenters. The van der Waals surface area contributed by atoms with Gasteiger partial charge in [-0.05, 0) is 12.0 Å². The third-order valence-electron chi connectivity index (χ3n) is 5.40. The van der Waals surface area contributed by atoms with Gasteiger partial charge in [0.15, 0.2) is 0 Å². The minimum absolute atomic E-state index is 0.00111. The van der Waals surface area contributed by atoms with Crippen LogP contribution >= 0.6 is 0 Å². The van der Waals surface area contributed by atoms with Gasteiger partial charge in [0.25, 0.3) is 0 Å². The van der Waals surface area contributed by atoms with Crippen molar-refractivity contribution >= 4 is 11.9 Å². The molecule has 0 aromatic heterocycles. The van der Waals surface area contributed by atoms with Crippen molar-refractivity contribution in [2.75, 3.05) is 26.9 Å². The Morgan fingerprint density at radius 2 is 1.62 bits per heavy atom. The second kappa shape index (κ2) is 15.4. The number of methoxy groups -OCH3 is 1. The maximum Gasteiger partial charge on any atom is 0.330 e. The molecule has 0 spiro atoms. The number of carbonyl (C=O) groups is 2. The van der Waals surface area contributed by atoms with Gasteiger partial charge in [0.05, 0.1) is 20.3 Å². The van der Waals surface area contributed by atoms with Crippen LogP contribution in [0.25, 0.3) is 0 Å². The Morgan fingerprint density at radius 3 is 2.17 bits per heavy atom. The van der Waals surface area contributed by atoms with Gasteiger partial charge < -0.3 is 19.3 Å². The van der Waals surface area contributed by atoms with E-state index < -0.39 is 11.6 Å². The Kier molecular flexibility index (Phi) is 13.7. The van der Waals surface area contributed by atoms with Crippen LogP contribution in [0.5, 0.6) is 0 Å². The normalized spacial score (nSPS) is 20.2. The van der Waals surface area contributed by atoms with E-state index in [-0.39, 0.29) is 25.8 Å². The van der Waals surface area contributed by atoms with Gasteiger partial charge in [0.1, 0.15) is 12.2 Å². The number of unbranched alkanes of at least 4 members (excludes halogenated alkanes) is 10. The van der Waals surface area contributed by atoms with Gasteiger partial charge in [-0.25, -0.2) is 4.79 Å². The van der Waals surface area contributed by atoms with Crippen molar-refractivity contribution < 1.29 is 28.9 Å². The number of esters is 2. The minimum Gasteiger partial charge on any atom is -0.466 e. The molecule has 1 atom stereocenters. The number of rotatable bonds is 16. The standard InChI is InChI=1S/C23H40O6/c1-3-4-5-6-7-8-9-10-11-12-13-14-21(25)28-19-23(18-24)16-20(17-29-23)15-22(26)27-2/h15,24H,3-14,16-19H2,1-2H3/b20-15-. The largest absolute Gasteiger partial charge is 0.466 e. The zero-order valence-corrected chi connectivity index (χ0v) is 18.4. The Hall–Kier alpha value is -1.40.